The van der Waals surface area contributed by atoms with Crippen molar-refractivity contribution in [2.45, 2.75) is 26.0 Å². The Bertz CT molecular complexity index is 501. The zero-order chi connectivity index (χ0) is 15.5. The van der Waals surface area contributed by atoms with Crippen molar-refractivity contribution in [1.29, 1.82) is 0 Å². The van der Waals surface area contributed by atoms with Gasteiger partial charge in [0, 0.05) is 23.7 Å². The van der Waals surface area contributed by atoms with Crippen molar-refractivity contribution in [3.8, 4) is 0 Å². The first-order chi connectivity index (χ1) is 9.95. The molecule has 1 aliphatic rings. The summed E-state index contributed by atoms with van der Waals surface area (Å²) in [6.45, 7) is 4.75. The summed E-state index contributed by atoms with van der Waals surface area (Å²) in [7, 11) is 0. The Hall–Kier alpha value is -1.01. The summed E-state index contributed by atoms with van der Waals surface area (Å²) >= 11 is 3.29. The fraction of sp³-hybridized carbons (Fsp3) is 0.600. The highest BCUT2D eigenvalue weighted by Crippen LogP contribution is 2.38. The SMILES string of the molecule is CC(C)C1(C(=O)O)CCN(C(=O)CSCc2cccs2)C1. The van der Waals surface area contributed by atoms with Gasteiger partial charge in [0.2, 0.25) is 5.91 Å². The average molecular weight is 327 g/mol. The summed E-state index contributed by atoms with van der Waals surface area (Å²) in [5, 5.41) is 11.5. The molecule has 0 saturated carbocycles. The molecule has 1 saturated heterocycles. The van der Waals surface area contributed by atoms with E-state index in [1.165, 1.54) is 4.88 Å². The summed E-state index contributed by atoms with van der Waals surface area (Å²) in [6.07, 6.45) is 0.557. The van der Waals surface area contributed by atoms with Crippen LogP contribution in [0.25, 0.3) is 0 Å². The summed E-state index contributed by atoms with van der Waals surface area (Å²) in [4.78, 5) is 26.8. The normalized spacial score (nSPS) is 22.0. The Labute approximate surface area is 133 Å². The first-order valence-corrected chi connectivity index (χ1v) is 9.10. The van der Waals surface area contributed by atoms with Gasteiger partial charge >= 0.3 is 5.97 Å². The predicted molar refractivity (Wildman–Crippen MR) is 86.6 cm³/mol. The van der Waals surface area contributed by atoms with E-state index in [4.69, 9.17) is 0 Å². The van der Waals surface area contributed by atoms with E-state index in [2.05, 4.69) is 6.07 Å². The summed E-state index contributed by atoms with van der Waals surface area (Å²) in [6, 6.07) is 4.07. The van der Waals surface area contributed by atoms with Gasteiger partial charge < -0.3 is 10.0 Å². The molecular weight excluding hydrogens is 306 g/mol. The van der Waals surface area contributed by atoms with Crippen molar-refractivity contribution in [2.75, 3.05) is 18.8 Å². The minimum absolute atomic E-state index is 0.0339. The van der Waals surface area contributed by atoms with E-state index in [0.29, 0.717) is 25.3 Å². The number of carboxylic acid groups (broad SMARTS) is 1. The number of carbonyl (C=O) groups is 2. The van der Waals surface area contributed by atoms with E-state index in [-0.39, 0.29) is 11.8 Å². The zero-order valence-corrected chi connectivity index (χ0v) is 14.0. The van der Waals surface area contributed by atoms with Crippen molar-refractivity contribution < 1.29 is 14.7 Å². The molecule has 1 amide bonds. The van der Waals surface area contributed by atoms with Gasteiger partial charge in [0.1, 0.15) is 0 Å². The van der Waals surface area contributed by atoms with Gasteiger partial charge in [-0.15, -0.1) is 23.1 Å². The minimum Gasteiger partial charge on any atom is -0.481 e. The molecule has 0 radical (unpaired) electrons. The topological polar surface area (TPSA) is 57.6 Å². The molecule has 2 heterocycles. The van der Waals surface area contributed by atoms with E-state index in [0.717, 1.165) is 5.75 Å². The number of hydrogen-bond acceptors (Lipinski definition) is 4. The standard InChI is InChI=1S/C15H21NO3S2/c1-11(2)15(14(18)19)5-6-16(10-15)13(17)9-20-8-12-4-3-7-21-12/h3-4,7,11H,5-6,8-10H2,1-2H3,(H,18,19). The smallest absolute Gasteiger partial charge is 0.311 e. The molecule has 0 bridgehead atoms. The molecule has 0 spiro atoms. The molecule has 1 unspecified atom stereocenters. The van der Waals surface area contributed by atoms with Gasteiger partial charge in [-0.3, -0.25) is 9.59 Å². The van der Waals surface area contributed by atoms with Crippen molar-refractivity contribution >= 4 is 35.0 Å². The maximum absolute atomic E-state index is 12.2. The van der Waals surface area contributed by atoms with Crippen LogP contribution in [0, 0.1) is 11.3 Å². The van der Waals surface area contributed by atoms with Crippen molar-refractivity contribution in [3.63, 3.8) is 0 Å². The minimum atomic E-state index is -0.779. The van der Waals surface area contributed by atoms with Gasteiger partial charge in [-0.1, -0.05) is 19.9 Å². The third-order valence-corrected chi connectivity index (χ3v) is 6.26. The number of carboxylic acids is 1. The van der Waals surface area contributed by atoms with Gasteiger partial charge in [0.15, 0.2) is 0 Å². The van der Waals surface area contributed by atoms with Gasteiger partial charge in [-0.25, -0.2) is 0 Å². The Balaban J connectivity index is 1.85. The summed E-state index contributed by atoms with van der Waals surface area (Å²) in [5.41, 5.74) is -0.770. The van der Waals surface area contributed by atoms with Crippen LogP contribution in [-0.2, 0) is 15.3 Å². The lowest BCUT2D eigenvalue weighted by Crippen LogP contribution is -2.41. The second-order valence-electron chi connectivity index (χ2n) is 5.75. The molecule has 1 N–H and O–H groups in total. The fourth-order valence-corrected chi connectivity index (χ4v) is 4.43. The molecule has 21 heavy (non-hydrogen) atoms. The number of amides is 1. The quantitative estimate of drug-likeness (QED) is 0.873. The van der Waals surface area contributed by atoms with Crippen LogP contribution in [0.5, 0.6) is 0 Å². The van der Waals surface area contributed by atoms with Crippen LogP contribution in [0.4, 0.5) is 0 Å². The number of carbonyl (C=O) groups excluding carboxylic acids is 1. The van der Waals surface area contributed by atoms with Crippen LogP contribution < -0.4 is 0 Å². The molecule has 116 valence electrons. The maximum Gasteiger partial charge on any atom is 0.311 e. The number of thioether (sulfide) groups is 1. The summed E-state index contributed by atoms with van der Waals surface area (Å²) < 4.78 is 0. The molecule has 1 aromatic heterocycles. The van der Waals surface area contributed by atoms with Crippen LogP contribution >= 0.6 is 23.1 Å². The highest BCUT2D eigenvalue weighted by Gasteiger charge is 2.48. The van der Waals surface area contributed by atoms with Crippen LogP contribution in [0.15, 0.2) is 17.5 Å². The molecule has 1 atom stereocenters. The molecule has 1 aromatic rings. The van der Waals surface area contributed by atoms with Crippen LogP contribution in [0.1, 0.15) is 25.1 Å². The number of likely N-dealkylation sites (tertiary alicyclic amines) is 1. The number of hydrogen-bond donors (Lipinski definition) is 1. The fourth-order valence-electron chi connectivity index (χ4n) is 2.66. The Kier molecular flexibility index (Phi) is 5.32. The summed E-state index contributed by atoms with van der Waals surface area (Å²) in [5.74, 6) is 0.572. The molecule has 1 aliphatic heterocycles. The monoisotopic (exact) mass is 327 g/mol. The molecule has 4 nitrogen and oxygen atoms in total. The van der Waals surface area contributed by atoms with Gasteiger partial charge in [-0.2, -0.15) is 0 Å². The maximum atomic E-state index is 12.2. The van der Waals surface area contributed by atoms with Crippen molar-refractivity contribution in [3.05, 3.63) is 22.4 Å². The van der Waals surface area contributed by atoms with E-state index < -0.39 is 11.4 Å². The highest BCUT2D eigenvalue weighted by atomic mass is 32.2. The Morgan fingerprint density at radius 1 is 1.52 bits per heavy atom. The predicted octanol–water partition coefficient (Wildman–Crippen LogP) is 2.94. The van der Waals surface area contributed by atoms with Crippen LogP contribution in [-0.4, -0.2) is 40.7 Å². The third-order valence-electron chi connectivity index (χ3n) is 4.23. The average Bonchev–Trinajstić information content (AvgIpc) is 3.08. The van der Waals surface area contributed by atoms with Gasteiger partial charge in [0.25, 0.3) is 0 Å². The molecule has 0 aromatic carbocycles. The largest absolute Gasteiger partial charge is 0.481 e. The van der Waals surface area contributed by atoms with Crippen molar-refractivity contribution in [2.24, 2.45) is 11.3 Å². The number of nitrogens with zero attached hydrogens (tertiary/aromatic N) is 1. The van der Waals surface area contributed by atoms with E-state index in [1.807, 2.05) is 25.3 Å². The Morgan fingerprint density at radius 3 is 2.81 bits per heavy atom. The third kappa shape index (κ3) is 3.61. The van der Waals surface area contributed by atoms with Gasteiger partial charge in [-0.05, 0) is 23.8 Å². The van der Waals surface area contributed by atoms with Crippen molar-refractivity contribution in [1.82, 2.24) is 4.90 Å². The van der Waals surface area contributed by atoms with Gasteiger partial charge in [0.05, 0.1) is 11.2 Å². The first-order valence-electron chi connectivity index (χ1n) is 7.07. The molecule has 2 rings (SSSR count). The van der Waals surface area contributed by atoms with E-state index in [9.17, 15) is 14.7 Å². The van der Waals surface area contributed by atoms with Crippen LogP contribution in [0.3, 0.4) is 0 Å². The Morgan fingerprint density at radius 2 is 2.29 bits per heavy atom. The lowest BCUT2D eigenvalue weighted by atomic mass is 9.76. The van der Waals surface area contributed by atoms with E-state index >= 15 is 0 Å². The lowest BCUT2D eigenvalue weighted by molar-refractivity contribution is -0.151. The second-order valence-corrected chi connectivity index (χ2v) is 7.77. The van der Waals surface area contributed by atoms with E-state index in [1.54, 1.807) is 28.0 Å². The molecule has 6 heteroatoms. The second kappa shape index (κ2) is 6.83. The first kappa shape index (κ1) is 16.4. The van der Waals surface area contributed by atoms with Crippen LogP contribution in [0.2, 0.25) is 0 Å². The molecular formula is C15H21NO3S2. The highest BCUT2D eigenvalue weighted by molar-refractivity contribution is 7.99. The molecule has 0 aliphatic carbocycles. The number of thiophene rings is 1. The number of rotatable bonds is 6. The lowest BCUT2D eigenvalue weighted by Gasteiger charge is -2.28. The zero-order valence-electron chi connectivity index (χ0n) is 12.4. The number of aliphatic carboxylic acids is 1. The molecule has 1 fully saturated rings.